The van der Waals surface area contributed by atoms with E-state index in [-0.39, 0.29) is 18.5 Å². The quantitative estimate of drug-likeness (QED) is 0.164. The van der Waals surface area contributed by atoms with E-state index >= 15 is 0 Å². The summed E-state index contributed by atoms with van der Waals surface area (Å²) in [5.74, 6) is 0.415. The summed E-state index contributed by atoms with van der Waals surface area (Å²) in [5, 5.41) is 0. The highest BCUT2D eigenvalue weighted by atomic mass is 19.3. The Labute approximate surface area is 284 Å². The fourth-order valence-electron chi connectivity index (χ4n) is 5.17. The Morgan fingerprint density at radius 2 is 1.37 bits per heavy atom. The minimum atomic E-state index is -2.81. The van der Waals surface area contributed by atoms with Gasteiger partial charge in [-0.1, -0.05) is 32.9 Å². The molecule has 0 unspecified atom stereocenters. The standard InChI is InChI=1S/C32H47F2N9O6/c1-32(2,3)28(44)39-49-23-22-48-21-20-47-19-18-46-15-12-40-8-10-41(11-9-40)29-36-30(42-13-16-45-17-14-42)38-31(37-29)43-25-7-5-4-6-24(25)35-27(43)26(33)34/h4-7,26H,8-23H2,1-3H3,(H,39,44). The zero-order chi connectivity index (χ0) is 34.6. The van der Waals surface area contributed by atoms with Crippen LogP contribution in [0.2, 0.25) is 0 Å². The van der Waals surface area contributed by atoms with E-state index in [2.05, 4.69) is 25.2 Å². The first kappa shape index (κ1) is 36.7. The SMILES string of the molecule is CC(C)(C)C(=O)NOCCOCCOCCOCCN1CCN(c2nc(N3CCOCC3)nc(-n3c(C(F)F)nc4ccccc43)n2)CC1. The van der Waals surface area contributed by atoms with Gasteiger partial charge in [-0.15, -0.1) is 0 Å². The highest BCUT2D eigenvalue weighted by Crippen LogP contribution is 2.28. The Morgan fingerprint density at radius 1 is 0.796 bits per heavy atom. The predicted molar refractivity (Wildman–Crippen MR) is 177 cm³/mol. The third-order valence-corrected chi connectivity index (χ3v) is 8.00. The number of hydrogen-bond acceptors (Lipinski definition) is 13. The van der Waals surface area contributed by atoms with Gasteiger partial charge in [0.15, 0.2) is 5.82 Å². The number of hydroxylamine groups is 1. The summed E-state index contributed by atoms with van der Waals surface area (Å²) >= 11 is 0. The molecular formula is C32H47F2N9O6. The number of alkyl halides is 2. The van der Waals surface area contributed by atoms with Gasteiger partial charge in [-0.05, 0) is 12.1 Å². The number of rotatable bonds is 17. The Morgan fingerprint density at radius 3 is 2.00 bits per heavy atom. The van der Waals surface area contributed by atoms with E-state index in [4.69, 9.17) is 33.8 Å². The first-order valence-corrected chi connectivity index (χ1v) is 16.7. The lowest BCUT2D eigenvalue weighted by molar-refractivity contribution is -0.143. The van der Waals surface area contributed by atoms with Crippen LogP contribution in [0.5, 0.6) is 0 Å². The number of carbonyl (C=O) groups excluding carboxylic acids is 1. The van der Waals surface area contributed by atoms with Crippen LogP contribution in [0.3, 0.4) is 0 Å². The average molecular weight is 692 g/mol. The van der Waals surface area contributed by atoms with Crippen LogP contribution >= 0.6 is 0 Å². The van der Waals surface area contributed by atoms with E-state index in [1.54, 1.807) is 24.3 Å². The second-order valence-corrected chi connectivity index (χ2v) is 12.6. The molecule has 17 heteroatoms. The Balaban J connectivity index is 1.05. The molecule has 0 atom stereocenters. The van der Waals surface area contributed by atoms with Crippen molar-refractivity contribution in [1.82, 2.24) is 34.9 Å². The minimum absolute atomic E-state index is 0.121. The largest absolute Gasteiger partial charge is 0.378 e. The topological polar surface area (TPSA) is 141 Å². The van der Waals surface area contributed by atoms with Gasteiger partial charge in [0.05, 0.1) is 70.5 Å². The zero-order valence-corrected chi connectivity index (χ0v) is 28.5. The molecule has 1 amide bonds. The summed E-state index contributed by atoms with van der Waals surface area (Å²) in [6, 6.07) is 6.99. The third kappa shape index (κ3) is 10.4. The van der Waals surface area contributed by atoms with Crippen LogP contribution in [0, 0.1) is 5.41 Å². The second-order valence-electron chi connectivity index (χ2n) is 12.6. The normalized spacial score (nSPS) is 16.2. The molecule has 2 fully saturated rings. The maximum absolute atomic E-state index is 14.2. The van der Waals surface area contributed by atoms with Gasteiger partial charge >= 0.3 is 0 Å². The molecule has 4 heterocycles. The number of nitrogens with one attached hydrogen (secondary N) is 1. The number of para-hydroxylation sites is 2. The highest BCUT2D eigenvalue weighted by molar-refractivity contribution is 5.80. The molecule has 270 valence electrons. The van der Waals surface area contributed by atoms with Crippen molar-refractivity contribution in [2.24, 2.45) is 5.41 Å². The average Bonchev–Trinajstić information content (AvgIpc) is 3.50. The molecule has 0 radical (unpaired) electrons. The van der Waals surface area contributed by atoms with E-state index in [0.717, 1.165) is 19.6 Å². The monoisotopic (exact) mass is 691 g/mol. The lowest BCUT2D eigenvalue weighted by Crippen LogP contribution is -2.48. The van der Waals surface area contributed by atoms with Crippen LogP contribution < -0.4 is 15.3 Å². The summed E-state index contributed by atoms with van der Waals surface area (Å²) in [7, 11) is 0. The molecule has 0 spiro atoms. The van der Waals surface area contributed by atoms with Gasteiger partial charge in [-0.3, -0.25) is 19.1 Å². The molecule has 0 aliphatic carbocycles. The van der Waals surface area contributed by atoms with E-state index in [1.807, 2.05) is 25.7 Å². The maximum Gasteiger partial charge on any atom is 0.296 e. The molecule has 49 heavy (non-hydrogen) atoms. The molecule has 5 rings (SSSR count). The molecule has 2 aliphatic rings. The number of imidazole rings is 1. The van der Waals surface area contributed by atoms with Gasteiger partial charge in [-0.2, -0.15) is 15.0 Å². The smallest absolute Gasteiger partial charge is 0.296 e. The number of aromatic nitrogens is 5. The molecule has 2 saturated heterocycles. The molecule has 1 aromatic carbocycles. The zero-order valence-electron chi connectivity index (χ0n) is 28.5. The first-order valence-electron chi connectivity index (χ1n) is 16.7. The van der Waals surface area contributed by atoms with Crippen LogP contribution in [-0.2, 0) is 28.6 Å². The number of benzene rings is 1. The number of piperazine rings is 1. The van der Waals surface area contributed by atoms with Gasteiger partial charge in [0, 0.05) is 51.2 Å². The van der Waals surface area contributed by atoms with Gasteiger partial charge in [0.2, 0.25) is 23.8 Å². The summed E-state index contributed by atoms with van der Waals surface area (Å²) in [6.07, 6.45) is -2.81. The highest BCUT2D eigenvalue weighted by Gasteiger charge is 2.27. The van der Waals surface area contributed by atoms with Crippen molar-refractivity contribution in [3.63, 3.8) is 0 Å². The number of ether oxygens (including phenoxy) is 4. The van der Waals surface area contributed by atoms with Crippen molar-refractivity contribution in [3.05, 3.63) is 30.1 Å². The van der Waals surface area contributed by atoms with Crippen LogP contribution in [0.4, 0.5) is 20.7 Å². The van der Waals surface area contributed by atoms with Crippen molar-refractivity contribution in [1.29, 1.82) is 0 Å². The Hall–Kier alpha value is -3.61. The van der Waals surface area contributed by atoms with Crippen LogP contribution in [-0.4, -0.2) is 141 Å². The number of amides is 1. The summed E-state index contributed by atoms with van der Waals surface area (Å²) in [5.41, 5.74) is 2.86. The maximum atomic E-state index is 14.2. The molecule has 2 aromatic heterocycles. The molecule has 0 bridgehead atoms. The second kappa shape index (κ2) is 17.9. The summed E-state index contributed by atoms with van der Waals surface area (Å²) < 4.78 is 52.0. The minimum Gasteiger partial charge on any atom is -0.378 e. The number of anilines is 2. The van der Waals surface area contributed by atoms with E-state index in [0.29, 0.717) is 102 Å². The van der Waals surface area contributed by atoms with Crippen LogP contribution in [0.1, 0.15) is 33.0 Å². The van der Waals surface area contributed by atoms with Crippen molar-refractivity contribution in [2.45, 2.75) is 27.2 Å². The molecule has 0 saturated carbocycles. The molecular weight excluding hydrogens is 644 g/mol. The third-order valence-electron chi connectivity index (χ3n) is 8.00. The number of hydrogen-bond donors (Lipinski definition) is 1. The summed E-state index contributed by atoms with van der Waals surface area (Å²) in [6.45, 7) is 14.3. The van der Waals surface area contributed by atoms with Gasteiger partial charge in [0.1, 0.15) is 0 Å². The number of morpholine rings is 1. The van der Waals surface area contributed by atoms with Gasteiger partial charge in [-0.25, -0.2) is 19.2 Å². The fourth-order valence-corrected chi connectivity index (χ4v) is 5.17. The van der Waals surface area contributed by atoms with Crippen LogP contribution in [0.25, 0.3) is 17.0 Å². The number of fused-ring (bicyclic) bond motifs is 1. The van der Waals surface area contributed by atoms with Crippen molar-refractivity contribution >= 4 is 28.8 Å². The van der Waals surface area contributed by atoms with Crippen molar-refractivity contribution in [3.8, 4) is 5.95 Å². The summed E-state index contributed by atoms with van der Waals surface area (Å²) in [4.78, 5) is 41.5. The lowest BCUT2D eigenvalue weighted by atomic mass is 9.96. The fraction of sp³-hybridized carbons (Fsp3) is 0.656. The number of nitrogens with zero attached hydrogens (tertiary/aromatic N) is 8. The lowest BCUT2D eigenvalue weighted by Gasteiger charge is -2.35. The van der Waals surface area contributed by atoms with Crippen molar-refractivity contribution in [2.75, 3.05) is 115 Å². The number of carbonyl (C=O) groups is 1. The molecule has 15 nitrogen and oxygen atoms in total. The van der Waals surface area contributed by atoms with E-state index in [9.17, 15) is 13.6 Å². The molecule has 1 N–H and O–H groups in total. The van der Waals surface area contributed by atoms with Gasteiger partial charge in [0.25, 0.3) is 6.43 Å². The van der Waals surface area contributed by atoms with Crippen molar-refractivity contribution < 1.29 is 37.4 Å². The predicted octanol–water partition coefficient (Wildman–Crippen LogP) is 2.25. The van der Waals surface area contributed by atoms with Gasteiger partial charge < -0.3 is 28.7 Å². The van der Waals surface area contributed by atoms with Crippen LogP contribution in [0.15, 0.2) is 24.3 Å². The van der Waals surface area contributed by atoms with E-state index in [1.165, 1.54) is 4.57 Å². The Bertz CT molecular complexity index is 1480. The molecule has 2 aliphatic heterocycles. The first-order chi connectivity index (χ1) is 23.7. The van der Waals surface area contributed by atoms with E-state index < -0.39 is 17.7 Å². The molecule has 3 aromatic rings. The Kier molecular flexibility index (Phi) is 13.4. The number of halogens is 2.